The van der Waals surface area contributed by atoms with Gasteiger partial charge in [-0.3, -0.25) is 30.0 Å². The molecule has 0 aliphatic carbocycles. The molecule has 0 unspecified atom stereocenters. The normalized spacial score (nSPS) is 13.5. The molecule has 4 aromatic rings. The Bertz CT molecular complexity index is 2670. The maximum absolute atomic E-state index is 13.7. The van der Waals surface area contributed by atoms with Crippen LogP contribution in [0, 0.1) is 21.6 Å². The van der Waals surface area contributed by atoms with Crippen molar-refractivity contribution >= 4 is 85.0 Å². The standard InChI is InChI=1S/C53H71N9O10S4/c1-52(2,3)43(60-75(69,70)33-37-15-11-9-12-16-37)49(65)58-41(27-29-73-7)47(63)56-31-35-19-23-39(24-20-35)45(54)62(51(67)68)46(55)40-25-21-36(22-26-40)32-57-48(64)42(28-30-74-8)59-50(66)44(53(4,5)6)61-76(71,72)34-38-17-13-10-14-18-38/h9-26,41-44,54-55,60-61H,27-34H2,1-8H3,(H,56,63)(H,57,64)(H,58,65)(H,59,66)(H,67,68)/t41-,42-,43-,44-/m0/s1. The number of amidine groups is 2. The third-order valence-corrected chi connectivity index (χ3v) is 15.7. The number of hydrogen-bond donors (Lipinski definition) is 9. The third kappa shape index (κ3) is 19.8. The van der Waals surface area contributed by atoms with Gasteiger partial charge in [0.1, 0.15) is 35.8 Å². The maximum atomic E-state index is 13.7. The van der Waals surface area contributed by atoms with Crippen molar-refractivity contribution in [1.82, 2.24) is 35.6 Å². The molecule has 0 aliphatic rings. The first-order valence-corrected chi connectivity index (χ1v) is 30.3. The molecule has 23 heteroatoms. The van der Waals surface area contributed by atoms with Crippen LogP contribution in [0.1, 0.15) is 87.8 Å². The lowest BCUT2D eigenvalue weighted by Gasteiger charge is -2.31. The summed E-state index contributed by atoms with van der Waals surface area (Å²) in [6.07, 6.45) is 2.63. The highest BCUT2D eigenvalue weighted by molar-refractivity contribution is 7.98. The van der Waals surface area contributed by atoms with Gasteiger partial charge in [0.2, 0.25) is 43.7 Å². The van der Waals surface area contributed by atoms with Crippen LogP contribution >= 0.6 is 23.5 Å². The van der Waals surface area contributed by atoms with Crippen molar-refractivity contribution in [2.24, 2.45) is 10.8 Å². The molecule has 0 saturated heterocycles. The van der Waals surface area contributed by atoms with Crippen molar-refractivity contribution in [2.75, 3.05) is 24.0 Å². The molecule has 412 valence electrons. The second kappa shape index (κ2) is 28.3. The van der Waals surface area contributed by atoms with Gasteiger partial charge >= 0.3 is 6.09 Å². The van der Waals surface area contributed by atoms with E-state index < -0.39 is 96.4 Å². The molecule has 0 aliphatic heterocycles. The summed E-state index contributed by atoms with van der Waals surface area (Å²) >= 11 is 2.94. The van der Waals surface area contributed by atoms with Crippen molar-refractivity contribution in [2.45, 2.75) is 103 Å². The number of amides is 5. The number of nitrogens with one attached hydrogen (secondary N) is 8. The fraction of sp³-hybridized carbons (Fsp3) is 0.415. The second-order valence-electron chi connectivity index (χ2n) is 20.2. The van der Waals surface area contributed by atoms with E-state index in [4.69, 9.17) is 10.8 Å². The van der Waals surface area contributed by atoms with E-state index in [2.05, 4.69) is 30.7 Å². The first-order chi connectivity index (χ1) is 35.6. The molecule has 0 heterocycles. The van der Waals surface area contributed by atoms with Gasteiger partial charge in [-0.25, -0.2) is 36.0 Å². The first kappa shape index (κ1) is 62.4. The van der Waals surface area contributed by atoms with E-state index in [1.54, 1.807) is 126 Å². The van der Waals surface area contributed by atoms with E-state index in [9.17, 15) is 45.9 Å². The van der Waals surface area contributed by atoms with Crippen LogP contribution in [0.15, 0.2) is 109 Å². The van der Waals surface area contributed by atoms with E-state index in [0.29, 0.717) is 38.7 Å². The summed E-state index contributed by atoms with van der Waals surface area (Å²) in [6.45, 7) is 10.3. The minimum Gasteiger partial charge on any atom is -0.464 e. The lowest BCUT2D eigenvalue weighted by molar-refractivity contribution is -0.131. The van der Waals surface area contributed by atoms with Gasteiger partial charge in [0.25, 0.3) is 0 Å². The van der Waals surface area contributed by atoms with Crippen molar-refractivity contribution in [1.29, 1.82) is 10.8 Å². The van der Waals surface area contributed by atoms with Crippen LogP contribution in [0.4, 0.5) is 4.79 Å². The summed E-state index contributed by atoms with van der Waals surface area (Å²) in [5, 5.41) is 38.9. The van der Waals surface area contributed by atoms with Crippen LogP contribution in [0.5, 0.6) is 0 Å². The minimum atomic E-state index is -3.96. The lowest BCUT2D eigenvalue weighted by Crippen LogP contribution is -2.57. The van der Waals surface area contributed by atoms with Gasteiger partial charge in [0.05, 0.1) is 11.5 Å². The van der Waals surface area contributed by atoms with Gasteiger partial charge in [-0.2, -0.15) is 23.5 Å². The van der Waals surface area contributed by atoms with E-state index in [1.165, 1.54) is 47.8 Å². The van der Waals surface area contributed by atoms with Crippen molar-refractivity contribution in [3.63, 3.8) is 0 Å². The van der Waals surface area contributed by atoms with Gasteiger partial charge in [0, 0.05) is 24.2 Å². The smallest absolute Gasteiger partial charge is 0.418 e. The Kier molecular flexibility index (Phi) is 23.3. The van der Waals surface area contributed by atoms with Crippen LogP contribution in [-0.4, -0.2) is 116 Å². The zero-order valence-corrected chi connectivity index (χ0v) is 47.3. The van der Waals surface area contributed by atoms with Gasteiger partial charge in [-0.15, -0.1) is 0 Å². The zero-order valence-electron chi connectivity index (χ0n) is 44.1. The Hall–Kier alpha value is -6.11. The van der Waals surface area contributed by atoms with E-state index in [-0.39, 0.29) is 48.6 Å². The molecule has 0 radical (unpaired) electrons. The Morgan fingerprint density at radius 1 is 0.526 bits per heavy atom. The molecular formula is C53H71N9O10S4. The molecule has 9 N–H and O–H groups in total. The Balaban J connectivity index is 1.37. The topological polar surface area (TPSA) is 297 Å². The van der Waals surface area contributed by atoms with Gasteiger partial charge in [-0.05, 0) is 69.9 Å². The van der Waals surface area contributed by atoms with Crippen LogP contribution in [0.25, 0.3) is 0 Å². The number of carbonyl (C=O) groups is 5. The molecular weight excluding hydrogens is 1050 g/mol. The third-order valence-electron chi connectivity index (χ3n) is 11.8. The zero-order chi connectivity index (χ0) is 56.4. The quantitative estimate of drug-likeness (QED) is 0.0267. The summed E-state index contributed by atoms with van der Waals surface area (Å²) in [4.78, 5) is 67.6. The second-order valence-corrected chi connectivity index (χ2v) is 25.6. The number of carbonyl (C=O) groups excluding carboxylic acids is 4. The summed E-state index contributed by atoms with van der Waals surface area (Å²) < 4.78 is 57.8. The Labute approximate surface area is 455 Å². The molecule has 4 aromatic carbocycles. The largest absolute Gasteiger partial charge is 0.464 e. The highest BCUT2D eigenvalue weighted by Crippen LogP contribution is 2.24. The monoisotopic (exact) mass is 1120 g/mol. The van der Waals surface area contributed by atoms with E-state index >= 15 is 0 Å². The molecule has 0 spiro atoms. The summed E-state index contributed by atoms with van der Waals surface area (Å²) in [6, 6.07) is 25.0. The van der Waals surface area contributed by atoms with E-state index in [0.717, 1.165) is 0 Å². The fourth-order valence-corrected chi connectivity index (χ4v) is 11.6. The minimum absolute atomic E-state index is 0.00000333. The van der Waals surface area contributed by atoms with Gasteiger partial charge in [0.15, 0.2) is 0 Å². The molecule has 0 saturated carbocycles. The predicted octanol–water partition coefficient (Wildman–Crippen LogP) is 5.79. The Morgan fingerprint density at radius 2 is 0.855 bits per heavy atom. The summed E-state index contributed by atoms with van der Waals surface area (Å²) in [7, 11) is -7.92. The highest BCUT2D eigenvalue weighted by atomic mass is 32.2. The van der Waals surface area contributed by atoms with Crippen LogP contribution in [0.2, 0.25) is 0 Å². The fourth-order valence-electron chi connectivity index (χ4n) is 7.54. The highest BCUT2D eigenvalue weighted by Gasteiger charge is 2.38. The molecule has 0 fully saturated rings. The number of rotatable bonds is 26. The van der Waals surface area contributed by atoms with Crippen molar-refractivity contribution in [3.8, 4) is 0 Å². The number of nitrogens with zero attached hydrogens (tertiary/aromatic N) is 1. The lowest BCUT2D eigenvalue weighted by atomic mass is 9.86. The number of carboxylic acid groups (broad SMARTS) is 1. The number of sulfonamides is 2. The maximum Gasteiger partial charge on any atom is 0.418 e. The molecule has 4 atom stereocenters. The molecule has 4 rings (SSSR count). The summed E-state index contributed by atoms with van der Waals surface area (Å²) in [5.41, 5.74) is 0.837. The van der Waals surface area contributed by atoms with Crippen LogP contribution in [0.3, 0.4) is 0 Å². The number of benzene rings is 4. The van der Waals surface area contributed by atoms with Gasteiger partial charge < -0.3 is 26.4 Å². The van der Waals surface area contributed by atoms with Crippen LogP contribution in [-0.2, 0) is 63.8 Å². The molecule has 76 heavy (non-hydrogen) atoms. The van der Waals surface area contributed by atoms with E-state index in [1.807, 2.05) is 12.5 Å². The van der Waals surface area contributed by atoms with Crippen molar-refractivity contribution in [3.05, 3.63) is 143 Å². The first-order valence-electron chi connectivity index (χ1n) is 24.2. The number of hydrogen-bond acceptors (Lipinski definition) is 13. The average Bonchev–Trinajstić information content (AvgIpc) is 3.35. The molecule has 19 nitrogen and oxygen atoms in total. The molecule has 5 amide bonds. The Morgan fingerprint density at radius 3 is 1.14 bits per heavy atom. The predicted molar refractivity (Wildman–Crippen MR) is 301 cm³/mol. The van der Waals surface area contributed by atoms with Crippen LogP contribution < -0.4 is 30.7 Å². The SMILES string of the molecule is CSCC[C@H](NC(=O)[C@H](NS(=O)(=O)Cc1ccccc1)C(C)(C)C)C(=O)NCc1ccc(C(=N)N(C(=N)c2ccc(CNC(=O)[C@H](CCSC)NC(=O)[C@H](NS(=O)(=O)Cc3ccccc3)C(C)(C)C)cc2)C(=O)O)cc1. The molecule has 0 bridgehead atoms. The average molecular weight is 1120 g/mol. The van der Waals surface area contributed by atoms with Crippen molar-refractivity contribution < 1.29 is 45.9 Å². The van der Waals surface area contributed by atoms with Gasteiger partial charge in [-0.1, -0.05) is 151 Å². The number of thioether (sulfide) groups is 2. The molecule has 0 aromatic heterocycles. The summed E-state index contributed by atoms with van der Waals surface area (Å²) in [5.74, 6) is -3.01.